The predicted octanol–water partition coefficient (Wildman–Crippen LogP) is 0.319. The van der Waals surface area contributed by atoms with Gasteiger partial charge < -0.3 is 0 Å². The summed E-state index contributed by atoms with van der Waals surface area (Å²) in [5.74, 6) is 0. The van der Waals surface area contributed by atoms with Crippen LogP contribution >= 0.6 is 0 Å². The Balaban J connectivity index is 3.05. The van der Waals surface area contributed by atoms with Gasteiger partial charge in [0.15, 0.2) is 0 Å². The van der Waals surface area contributed by atoms with Crippen molar-refractivity contribution in [1.82, 2.24) is 11.2 Å². The molecule has 0 aliphatic heterocycles. The maximum Gasteiger partial charge on any atom is 0.357 e. The van der Waals surface area contributed by atoms with Crippen LogP contribution in [0.5, 0.6) is 0 Å². The first-order chi connectivity index (χ1) is 3.63. The van der Waals surface area contributed by atoms with Gasteiger partial charge in [0.25, 0.3) is 0 Å². The molecule has 0 atom stereocenters. The van der Waals surface area contributed by atoms with Gasteiger partial charge in [0.05, 0.1) is 6.10 Å². The van der Waals surface area contributed by atoms with Crippen molar-refractivity contribution in [2.45, 2.75) is 20.0 Å². The Morgan fingerprint density at radius 3 is 2.38 bits per heavy atom. The maximum atomic E-state index is 9.78. The van der Waals surface area contributed by atoms with Crippen molar-refractivity contribution in [2.24, 2.45) is 0 Å². The van der Waals surface area contributed by atoms with Gasteiger partial charge in [0, 0.05) is 0 Å². The third-order valence-electron chi connectivity index (χ3n) is 0.387. The fraction of sp³-hybridized carbons (Fsp3) is 0.750. The Labute approximate surface area is 48.0 Å². The first-order valence-electron chi connectivity index (χ1n) is 2.30. The molecule has 0 unspecified atom stereocenters. The lowest BCUT2D eigenvalue weighted by molar-refractivity contribution is 0.0182. The minimum Gasteiger partial charge on any atom is -0.269 e. The molecule has 2 amide bonds. The smallest absolute Gasteiger partial charge is 0.269 e. The van der Waals surface area contributed by atoms with E-state index in [1.54, 1.807) is 13.8 Å². The SMILES string of the molecule is CC(C)ONC([NH])=O. The van der Waals surface area contributed by atoms with E-state index >= 15 is 0 Å². The van der Waals surface area contributed by atoms with Crippen molar-refractivity contribution in [3.8, 4) is 0 Å². The highest BCUT2D eigenvalue weighted by atomic mass is 16.7. The molecule has 4 nitrogen and oxygen atoms in total. The topological polar surface area (TPSA) is 62.1 Å². The fourth-order valence-electron chi connectivity index (χ4n) is 0.171. The largest absolute Gasteiger partial charge is 0.357 e. The average molecular weight is 117 g/mol. The van der Waals surface area contributed by atoms with Crippen LogP contribution in [-0.4, -0.2) is 12.1 Å². The zero-order valence-electron chi connectivity index (χ0n) is 4.89. The van der Waals surface area contributed by atoms with Gasteiger partial charge >= 0.3 is 6.03 Å². The molecule has 0 aliphatic rings. The van der Waals surface area contributed by atoms with E-state index in [1.165, 1.54) is 0 Å². The van der Waals surface area contributed by atoms with Crippen LogP contribution in [-0.2, 0) is 4.84 Å². The lowest BCUT2D eigenvalue weighted by atomic mass is 10.5. The standard InChI is InChI=1S/C4H9N2O2/c1-3(2)8-6-4(5)7/h3,5H,1-2H3,(H,6,7). The van der Waals surface area contributed by atoms with Crippen LogP contribution in [0.4, 0.5) is 4.79 Å². The highest BCUT2D eigenvalue weighted by molar-refractivity contribution is 5.69. The third kappa shape index (κ3) is 5.23. The van der Waals surface area contributed by atoms with Crippen LogP contribution in [0, 0.1) is 0 Å². The first kappa shape index (κ1) is 7.23. The Hall–Kier alpha value is -0.770. The summed E-state index contributed by atoms with van der Waals surface area (Å²) in [5.41, 5.74) is 8.17. The molecule has 0 saturated heterocycles. The number of carbonyl (C=O) groups is 1. The summed E-state index contributed by atoms with van der Waals surface area (Å²) in [5, 5.41) is 0. The van der Waals surface area contributed by atoms with Crippen LogP contribution in [0.25, 0.3) is 0 Å². The molecule has 0 fully saturated rings. The Kier molecular flexibility index (Phi) is 2.95. The number of hydrogen-bond donors (Lipinski definition) is 1. The molecule has 0 saturated carbocycles. The van der Waals surface area contributed by atoms with Crippen LogP contribution in [0.15, 0.2) is 0 Å². The lowest BCUT2D eigenvalue weighted by Crippen LogP contribution is -2.25. The molecular weight excluding hydrogens is 108 g/mol. The molecule has 1 radical (unpaired) electrons. The van der Waals surface area contributed by atoms with Crippen molar-refractivity contribution in [2.75, 3.05) is 0 Å². The summed E-state index contributed by atoms with van der Waals surface area (Å²) in [6.45, 7) is 3.52. The minimum absolute atomic E-state index is 0.0655. The molecule has 0 bridgehead atoms. The summed E-state index contributed by atoms with van der Waals surface area (Å²) in [7, 11) is 0. The highest BCUT2D eigenvalue weighted by Gasteiger charge is 1.93. The van der Waals surface area contributed by atoms with Gasteiger partial charge in [-0.05, 0) is 13.8 Å². The van der Waals surface area contributed by atoms with Gasteiger partial charge in [-0.25, -0.2) is 16.0 Å². The summed E-state index contributed by atoms with van der Waals surface area (Å²) in [6, 6.07) is -0.918. The van der Waals surface area contributed by atoms with E-state index in [9.17, 15) is 4.79 Å². The maximum absolute atomic E-state index is 9.78. The van der Waals surface area contributed by atoms with Crippen molar-refractivity contribution in [1.29, 1.82) is 0 Å². The van der Waals surface area contributed by atoms with E-state index < -0.39 is 6.03 Å². The summed E-state index contributed by atoms with van der Waals surface area (Å²) < 4.78 is 0. The molecule has 0 aromatic carbocycles. The van der Waals surface area contributed by atoms with Crippen molar-refractivity contribution < 1.29 is 9.63 Å². The monoisotopic (exact) mass is 117 g/mol. The molecule has 0 rings (SSSR count). The number of rotatable bonds is 2. The molecular formula is C4H9N2O2. The zero-order chi connectivity index (χ0) is 6.57. The molecule has 0 spiro atoms. The predicted molar refractivity (Wildman–Crippen MR) is 27.8 cm³/mol. The highest BCUT2D eigenvalue weighted by Crippen LogP contribution is 1.80. The van der Waals surface area contributed by atoms with Crippen molar-refractivity contribution in [3.63, 3.8) is 0 Å². The summed E-state index contributed by atoms with van der Waals surface area (Å²) in [6.07, 6.45) is -0.0655. The van der Waals surface area contributed by atoms with Gasteiger partial charge in [0.1, 0.15) is 0 Å². The first-order valence-corrected chi connectivity index (χ1v) is 2.30. The van der Waals surface area contributed by atoms with Gasteiger partial charge in [-0.15, -0.1) is 0 Å². The average Bonchev–Trinajstić information content (AvgIpc) is 1.61. The molecule has 0 aromatic rings. The molecule has 0 aromatic heterocycles. The molecule has 4 heteroatoms. The number of hydroxylamine groups is 1. The van der Waals surface area contributed by atoms with E-state index in [0.717, 1.165) is 0 Å². The lowest BCUT2D eigenvalue weighted by Gasteiger charge is -2.03. The fourth-order valence-corrected chi connectivity index (χ4v) is 0.171. The van der Waals surface area contributed by atoms with Crippen molar-refractivity contribution >= 4 is 6.03 Å². The molecule has 0 aliphatic carbocycles. The number of carbonyl (C=O) groups excluding carboxylic acids is 1. The zero-order valence-corrected chi connectivity index (χ0v) is 4.89. The van der Waals surface area contributed by atoms with E-state index in [2.05, 4.69) is 4.84 Å². The van der Waals surface area contributed by atoms with Gasteiger partial charge in [-0.3, -0.25) is 4.84 Å². The number of nitrogens with one attached hydrogen (secondary N) is 2. The van der Waals surface area contributed by atoms with Gasteiger partial charge in [-0.1, -0.05) is 0 Å². The van der Waals surface area contributed by atoms with Gasteiger partial charge in [-0.2, -0.15) is 0 Å². The number of urea groups is 1. The molecule has 8 heavy (non-hydrogen) atoms. The minimum atomic E-state index is -0.918. The second-order valence-corrected chi connectivity index (χ2v) is 1.60. The Morgan fingerprint density at radius 2 is 2.25 bits per heavy atom. The molecule has 47 valence electrons. The van der Waals surface area contributed by atoms with Crippen LogP contribution in [0.1, 0.15) is 13.8 Å². The molecule has 2 N–H and O–H groups in total. The van der Waals surface area contributed by atoms with Gasteiger partial charge in [0.2, 0.25) is 0 Å². The van der Waals surface area contributed by atoms with Crippen LogP contribution in [0.2, 0.25) is 0 Å². The van der Waals surface area contributed by atoms with E-state index in [0.29, 0.717) is 0 Å². The van der Waals surface area contributed by atoms with Crippen molar-refractivity contribution in [3.05, 3.63) is 0 Å². The van der Waals surface area contributed by atoms with E-state index in [4.69, 9.17) is 5.73 Å². The number of hydrogen-bond acceptors (Lipinski definition) is 2. The molecule has 0 heterocycles. The van der Waals surface area contributed by atoms with E-state index in [-0.39, 0.29) is 6.10 Å². The van der Waals surface area contributed by atoms with Crippen LogP contribution in [0.3, 0.4) is 0 Å². The summed E-state index contributed by atoms with van der Waals surface area (Å²) >= 11 is 0. The third-order valence-corrected chi connectivity index (χ3v) is 0.387. The Morgan fingerprint density at radius 1 is 1.75 bits per heavy atom. The van der Waals surface area contributed by atoms with Crippen LogP contribution < -0.4 is 11.2 Å². The normalized spacial score (nSPS) is 9.38. The number of amides is 2. The summed E-state index contributed by atoms with van der Waals surface area (Å²) in [4.78, 5) is 14.3. The second-order valence-electron chi connectivity index (χ2n) is 1.60. The second kappa shape index (κ2) is 3.26. The Bertz CT molecular complexity index is 82.1. The van der Waals surface area contributed by atoms with E-state index in [1.807, 2.05) is 5.48 Å². The quantitative estimate of drug-likeness (QED) is 0.529.